The quantitative estimate of drug-likeness (QED) is 0.674. The summed E-state index contributed by atoms with van der Waals surface area (Å²) in [6.45, 7) is 2.26. The predicted octanol–water partition coefficient (Wildman–Crippen LogP) is 4.97. The van der Waals surface area contributed by atoms with Crippen molar-refractivity contribution in [2.75, 3.05) is 0 Å². The molecule has 0 saturated heterocycles. The van der Waals surface area contributed by atoms with Gasteiger partial charge in [-0.2, -0.15) is 0 Å². The Labute approximate surface area is 101 Å². The predicted molar refractivity (Wildman–Crippen MR) is 70.0 cm³/mol. The Bertz CT molecular complexity index is 377. The van der Waals surface area contributed by atoms with Crippen molar-refractivity contribution < 1.29 is 0 Å². The molecule has 1 aliphatic rings. The van der Waals surface area contributed by atoms with Crippen LogP contribution in [-0.4, -0.2) is 0 Å². The van der Waals surface area contributed by atoms with Crippen molar-refractivity contribution in [3.8, 4) is 0 Å². The molecule has 15 heavy (non-hydrogen) atoms. The van der Waals surface area contributed by atoms with Crippen molar-refractivity contribution in [1.82, 2.24) is 0 Å². The molecule has 0 unspecified atom stereocenters. The first kappa shape index (κ1) is 10.9. The van der Waals surface area contributed by atoms with E-state index in [1.807, 2.05) is 0 Å². The maximum atomic E-state index is 3.53. The molecule has 0 bridgehead atoms. The number of rotatable bonds is 4. The first-order valence-corrected chi connectivity index (χ1v) is 6.58. The van der Waals surface area contributed by atoms with Crippen LogP contribution < -0.4 is 0 Å². The number of benzene rings is 1. The van der Waals surface area contributed by atoms with Crippen LogP contribution in [0.25, 0.3) is 5.57 Å². The van der Waals surface area contributed by atoms with Crippen LogP contribution in [0.15, 0.2) is 28.7 Å². The van der Waals surface area contributed by atoms with E-state index in [0.29, 0.717) is 0 Å². The molecule has 1 aromatic carbocycles. The topological polar surface area (TPSA) is 0 Å². The van der Waals surface area contributed by atoms with Crippen molar-refractivity contribution in [1.29, 1.82) is 0 Å². The third-order valence-corrected chi connectivity index (χ3v) is 3.52. The summed E-state index contributed by atoms with van der Waals surface area (Å²) < 4.78 is 1.20. The van der Waals surface area contributed by atoms with Crippen molar-refractivity contribution in [2.24, 2.45) is 0 Å². The minimum Gasteiger partial charge on any atom is -0.0763 e. The molecular weight excluding hydrogens is 248 g/mol. The summed E-state index contributed by atoms with van der Waals surface area (Å²) in [6, 6.07) is 6.65. The van der Waals surface area contributed by atoms with Gasteiger partial charge in [0.1, 0.15) is 0 Å². The molecular formula is C14H17Br. The summed E-state index contributed by atoms with van der Waals surface area (Å²) >= 11 is 3.53. The standard InChI is InChI=1S/C14H17Br/c1-2-3-4-5-11-6-7-12-10-13(15)8-9-14(11)12/h6,8-10H,2-5,7H2,1H3. The van der Waals surface area contributed by atoms with Gasteiger partial charge in [-0.15, -0.1) is 0 Å². The average molecular weight is 265 g/mol. The maximum absolute atomic E-state index is 3.53. The summed E-state index contributed by atoms with van der Waals surface area (Å²) in [6.07, 6.45) is 8.76. The number of allylic oxidation sites excluding steroid dienone is 2. The molecule has 0 nitrogen and oxygen atoms in total. The van der Waals surface area contributed by atoms with Crippen molar-refractivity contribution in [2.45, 2.75) is 39.0 Å². The van der Waals surface area contributed by atoms with Gasteiger partial charge in [0.15, 0.2) is 0 Å². The van der Waals surface area contributed by atoms with Crippen LogP contribution >= 0.6 is 15.9 Å². The van der Waals surface area contributed by atoms with Crippen LogP contribution in [0.1, 0.15) is 43.7 Å². The van der Waals surface area contributed by atoms with E-state index in [0.717, 1.165) is 6.42 Å². The number of hydrogen-bond donors (Lipinski definition) is 0. The van der Waals surface area contributed by atoms with Gasteiger partial charge in [-0.25, -0.2) is 0 Å². The van der Waals surface area contributed by atoms with Gasteiger partial charge in [0.05, 0.1) is 0 Å². The summed E-state index contributed by atoms with van der Waals surface area (Å²) in [5, 5.41) is 0. The molecule has 0 fully saturated rings. The van der Waals surface area contributed by atoms with Crippen LogP contribution in [0, 0.1) is 0 Å². The second kappa shape index (κ2) is 4.98. The molecule has 1 aromatic rings. The molecule has 0 heterocycles. The third-order valence-electron chi connectivity index (χ3n) is 3.03. The highest BCUT2D eigenvalue weighted by Gasteiger charge is 2.13. The van der Waals surface area contributed by atoms with Gasteiger partial charge in [-0.05, 0) is 48.1 Å². The second-order valence-corrected chi connectivity index (χ2v) is 5.11. The molecule has 0 radical (unpaired) electrons. The maximum Gasteiger partial charge on any atom is 0.0178 e. The van der Waals surface area contributed by atoms with Crippen LogP contribution in [-0.2, 0) is 6.42 Å². The highest BCUT2D eigenvalue weighted by atomic mass is 79.9. The first-order chi connectivity index (χ1) is 7.31. The number of unbranched alkanes of at least 4 members (excludes halogenated alkanes) is 2. The van der Waals surface area contributed by atoms with E-state index in [2.05, 4.69) is 47.1 Å². The van der Waals surface area contributed by atoms with Gasteiger partial charge in [0.25, 0.3) is 0 Å². The van der Waals surface area contributed by atoms with Gasteiger partial charge >= 0.3 is 0 Å². The van der Waals surface area contributed by atoms with Gasteiger partial charge in [-0.1, -0.05) is 47.8 Å². The zero-order valence-electron chi connectivity index (χ0n) is 9.22. The first-order valence-electron chi connectivity index (χ1n) is 5.79. The molecule has 1 aliphatic carbocycles. The Morgan fingerprint density at radius 3 is 2.93 bits per heavy atom. The number of halogens is 1. The largest absolute Gasteiger partial charge is 0.0763 e. The normalized spacial score (nSPS) is 13.9. The van der Waals surface area contributed by atoms with Crippen LogP contribution in [0.3, 0.4) is 0 Å². The third kappa shape index (κ3) is 2.52. The van der Waals surface area contributed by atoms with E-state index < -0.39 is 0 Å². The SMILES string of the molecule is CCCCCC1=CCc2cc(Br)ccc21. The molecule has 0 saturated carbocycles. The van der Waals surface area contributed by atoms with E-state index in [9.17, 15) is 0 Å². The smallest absolute Gasteiger partial charge is 0.0178 e. The molecule has 0 N–H and O–H groups in total. The molecule has 2 rings (SSSR count). The van der Waals surface area contributed by atoms with E-state index in [1.165, 1.54) is 41.3 Å². The summed E-state index contributed by atoms with van der Waals surface area (Å²) in [7, 11) is 0. The van der Waals surface area contributed by atoms with Crippen LogP contribution in [0.2, 0.25) is 0 Å². The van der Waals surface area contributed by atoms with E-state index >= 15 is 0 Å². The Kier molecular flexibility index (Phi) is 3.63. The zero-order chi connectivity index (χ0) is 10.7. The van der Waals surface area contributed by atoms with E-state index in [1.54, 1.807) is 5.57 Å². The lowest BCUT2D eigenvalue weighted by Crippen LogP contribution is -1.85. The lowest BCUT2D eigenvalue weighted by atomic mass is 10.0. The summed E-state index contributed by atoms with van der Waals surface area (Å²) in [4.78, 5) is 0. The minimum absolute atomic E-state index is 1.12. The minimum atomic E-state index is 1.12. The van der Waals surface area contributed by atoms with Crippen molar-refractivity contribution in [3.63, 3.8) is 0 Å². The molecule has 0 aliphatic heterocycles. The van der Waals surface area contributed by atoms with Gasteiger partial charge in [-0.3, -0.25) is 0 Å². The molecule has 0 spiro atoms. The zero-order valence-corrected chi connectivity index (χ0v) is 10.8. The monoisotopic (exact) mass is 264 g/mol. The van der Waals surface area contributed by atoms with Crippen LogP contribution in [0.5, 0.6) is 0 Å². The second-order valence-electron chi connectivity index (χ2n) is 4.19. The fraction of sp³-hybridized carbons (Fsp3) is 0.429. The number of fused-ring (bicyclic) bond motifs is 1. The van der Waals surface area contributed by atoms with Crippen molar-refractivity contribution in [3.05, 3.63) is 39.9 Å². The van der Waals surface area contributed by atoms with Crippen LogP contribution in [0.4, 0.5) is 0 Å². The van der Waals surface area contributed by atoms with Gasteiger partial charge in [0, 0.05) is 4.47 Å². The highest BCUT2D eigenvalue weighted by molar-refractivity contribution is 9.10. The van der Waals surface area contributed by atoms with Gasteiger partial charge < -0.3 is 0 Å². The molecule has 0 amide bonds. The van der Waals surface area contributed by atoms with Gasteiger partial charge in [0.2, 0.25) is 0 Å². The average Bonchev–Trinajstić information content (AvgIpc) is 2.61. The molecule has 0 atom stereocenters. The molecule has 80 valence electrons. The lowest BCUT2D eigenvalue weighted by Gasteiger charge is -2.05. The highest BCUT2D eigenvalue weighted by Crippen LogP contribution is 2.32. The molecule has 0 aromatic heterocycles. The number of hydrogen-bond acceptors (Lipinski definition) is 0. The fourth-order valence-corrected chi connectivity index (χ4v) is 2.60. The Morgan fingerprint density at radius 2 is 2.13 bits per heavy atom. The van der Waals surface area contributed by atoms with Crippen molar-refractivity contribution >= 4 is 21.5 Å². The Hall–Kier alpha value is -0.560. The Balaban J connectivity index is 2.06. The van der Waals surface area contributed by atoms with E-state index in [4.69, 9.17) is 0 Å². The Morgan fingerprint density at radius 1 is 1.27 bits per heavy atom. The lowest BCUT2D eigenvalue weighted by molar-refractivity contribution is 0.736. The fourth-order valence-electron chi connectivity index (χ4n) is 2.19. The summed E-state index contributed by atoms with van der Waals surface area (Å²) in [5.41, 5.74) is 4.52. The molecule has 1 heteroatoms. The summed E-state index contributed by atoms with van der Waals surface area (Å²) in [5.74, 6) is 0. The van der Waals surface area contributed by atoms with E-state index in [-0.39, 0.29) is 0 Å².